The van der Waals surface area contributed by atoms with Gasteiger partial charge in [-0.25, -0.2) is 4.79 Å². The van der Waals surface area contributed by atoms with E-state index in [1.165, 1.54) is 6.07 Å². The summed E-state index contributed by atoms with van der Waals surface area (Å²) in [5.41, 5.74) is -1.32. The number of fused-ring (bicyclic) bond motifs is 1. The number of aromatic nitrogens is 2. The van der Waals surface area contributed by atoms with Crippen molar-refractivity contribution in [3.8, 4) is 5.88 Å². The molecule has 3 rings (SSSR count). The van der Waals surface area contributed by atoms with Crippen LogP contribution in [0.1, 0.15) is 21.5 Å². The number of nitrogens with zero attached hydrogens (tertiary/aromatic N) is 1. The Morgan fingerprint density at radius 3 is 2.50 bits per heavy atom. The molecule has 0 aliphatic heterocycles. The number of H-pyrrole nitrogens is 1. The quantitative estimate of drug-likeness (QED) is 0.759. The molecule has 0 saturated heterocycles. The molecule has 8 heteroatoms. The topological polar surface area (TPSA) is 75.2 Å². The summed E-state index contributed by atoms with van der Waals surface area (Å²) in [6.07, 6.45) is -4.86. The number of hydrogen-bond donors (Lipinski definition) is 2. The third-order valence-electron chi connectivity index (χ3n) is 3.43. The molecular weight excluding hydrogens is 325 g/mol. The van der Waals surface area contributed by atoms with Crippen molar-refractivity contribution in [1.82, 2.24) is 10.2 Å². The number of carboxylic acids is 1. The number of ether oxygens (including phenoxy) is 1. The van der Waals surface area contributed by atoms with E-state index in [-0.39, 0.29) is 18.0 Å². The van der Waals surface area contributed by atoms with Crippen LogP contribution < -0.4 is 4.74 Å². The molecule has 0 atom stereocenters. The number of carboxylic acid groups (broad SMARTS) is 1. The summed E-state index contributed by atoms with van der Waals surface area (Å²) in [7, 11) is 0. The van der Waals surface area contributed by atoms with E-state index in [9.17, 15) is 18.0 Å². The molecule has 24 heavy (non-hydrogen) atoms. The average Bonchev–Trinajstić information content (AvgIpc) is 2.95. The first-order chi connectivity index (χ1) is 11.4. The summed E-state index contributed by atoms with van der Waals surface area (Å²) >= 11 is 0. The Morgan fingerprint density at radius 1 is 1.17 bits per heavy atom. The maximum atomic E-state index is 13.4. The van der Waals surface area contributed by atoms with Crippen molar-refractivity contribution in [2.75, 3.05) is 0 Å². The predicted octanol–water partition coefficient (Wildman–Crippen LogP) is 3.86. The van der Waals surface area contributed by atoms with E-state index in [1.807, 2.05) is 0 Å². The molecule has 0 bridgehead atoms. The Morgan fingerprint density at radius 2 is 1.88 bits per heavy atom. The van der Waals surface area contributed by atoms with Gasteiger partial charge in [0.1, 0.15) is 6.61 Å². The highest BCUT2D eigenvalue weighted by atomic mass is 19.4. The number of halogens is 3. The number of carbonyl (C=O) groups is 1. The number of alkyl halides is 3. The van der Waals surface area contributed by atoms with Crippen molar-refractivity contribution < 1.29 is 27.8 Å². The molecule has 0 unspecified atom stereocenters. The molecule has 0 amide bonds. The fourth-order valence-corrected chi connectivity index (χ4v) is 2.39. The molecule has 2 N–H and O–H groups in total. The second-order valence-electron chi connectivity index (χ2n) is 5.02. The van der Waals surface area contributed by atoms with Crippen LogP contribution >= 0.6 is 0 Å². The van der Waals surface area contributed by atoms with Crippen LogP contribution in [-0.2, 0) is 12.8 Å². The Kier molecular flexibility index (Phi) is 3.88. The van der Waals surface area contributed by atoms with Crippen molar-refractivity contribution in [3.05, 3.63) is 59.2 Å². The van der Waals surface area contributed by atoms with E-state index in [4.69, 9.17) is 9.84 Å². The first kappa shape index (κ1) is 15.9. The number of nitrogens with one attached hydrogen (secondary N) is 1. The molecule has 1 aromatic heterocycles. The van der Waals surface area contributed by atoms with Crippen molar-refractivity contribution in [1.29, 1.82) is 0 Å². The number of aromatic carboxylic acids is 1. The highest BCUT2D eigenvalue weighted by Crippen LogP contribution is 2.40. The molecule has 0 radical (unpaired) electrons. The van der Waals surface area contributed by atoms with Gasteiger partial charge in [0.2, 0.25) is 5.88 Å². The summed E-state index contributed by atoms with van der Waals surface area (Å²) in [5.74, 6) is -1.95. The van der Waals surface area contributed by atoms with Crippen molar-refractivity contribution in [3.63, 3.8) is 0 Å². The lowest BCUT2D eigenvalue weighted by Crippen LogP contribution is -2.13. The highest BCUT2D eigenvalue weighted by Gasteiger charge is 2.39. The summed E-state index contributed by atoms with van der Waals surface area (Å²) < 4.78 is 45.6. The summed E-state index contributed by atoms with van der Waals surface area (Å²) in [6, 6.07) is 11.0. The predicted molar refractivity (Wildman–Crippen MR) is 78.8 cm³/mol. The van der Waals surface area contributed by atoms with Gasteiger partial charge < -0.3 is 9.84 Å². The molecule has 0 fully saturated rings. The van der Waals surface area contributed by atoms with E-state index in [1.54, 1.807) is 30.3 Å². The second-order valence-corrected chi connectivity index (χ2v) is 5.02. The Bertz CT molecular complexity index is 889. The van der Waals surface area contributed by atoms with Gasteiger partial charge in [-0.1, -0.05) is 30.3 Å². The van der Waals surface area contributed by atoms with Crippen molar-refractivity contribution in [2.24, 2.45) is 0 Å². The summed E-state index contributed by atoms with van der Waals surface area (Å²) in [4.78, 5) is 11.2. The standard InChI is InChI=1S/C16H11F3N2O3/c17-16(18,19)13-10(15(22)23)6-7-11-12(13)14(21-20-11)24-8-9-4-2-1-3-5-9/h1-7H,8H2,(H,20,21)(H,22,23). The van der Waals surface area contributed by atoms with Crippen LogP contribution in [0, 0.1) is 0 Å². The zero-order valence-electron chi connectivity index (χ0n) is 12.1. The Labute approximate surface area is 133 Å². The molecule has 5 nitrogen and oxygen atoms in total. The van der Waals surface area contributed by atoms with Crippen LogP contribution in [0.2, 0.25) is 0 Å². The highest BCUT2D eigenvalue weighted by molar-refractivity contribution is 5.99. The number of hydrogen-bond acceptors (Lipinski definition) is 3. The van der Waals surface area contributed by atoms with Gasteiger partial charge in [-0.3, -0.25) is 5.10 Å². The van der Waals surface area contributed by atoms with Crippen LogP contribution in [0.4, 0.5) is 13.2 Å². The van der Waals surface area contributed by atoms with E-state index < -0.39 is 28.7 Å². The molecule has 0 aliphatic rings. The maximum absolute atomic E-state index is 13.4. The molecular formula is C16H11F3N2O3. The van der Waals surface area contributed by atoms with Crippen molar-refractivity contribution in [2.45, 2.75) is 12.8 Å². The van der Waals surface area contributed by atoms with Gasteiger partial charge in [-0.05, 0) is 17.7 Å². The number of benzene rings is 2. The zero-order chi connectivity index (χ0) is 17.3. The minimum atomic E-state index is -4.86. The van der Waals surface area contributed by atoms with E-state index in [2.05, 4.69) is 10.2 Å². The molecule has 1 heterocycles. The van der Waals surface area contributed by atoms with E-state index in [0.29, 0.717) is 0 Å². The van der Waals surface area contributed by atoms with E-state index in [0.717, 1.165) is 11.6 Å². The van der Waals surface area contributed by atoms with Crippen LogP contribution in [0.15, 0.2) is 42.5 Å². The molecule has 0 spiro atoms. The smallest absolute Gasteiger partial charge is 0.418 e. The molecule has 3 aromatic rings. The van der Waals surface area contributed by atoms with Gasteiger partial charge in [-0.2, -0.15) is 13.2 Å². The summed E-state index contributed by atoms with van der Waals surface area (Å²) in [6.45, 7) is 0.00932. The van der Waals surface area contributed by atoms with Gasteiger partial charge in [0.05, 0.1) is 22.0 Å². The van der Waals surface area contributed by atoms with Gasteiger partial charge in [0.25, 0.3) is 0 Å². The fourth-order valence-electron chi connectivity index (χ4n) is 2.39. The largest absolute Gasteiger partial charge is 0.478 e. The lowest BCUT2D eigenvalue weighted by molar-refractivity contribution is -0.136. The van der Waals surface area contributed by atoms with Crippen LogP contribution in [-0.4, -0.2) is 21.3 Å². The second kappa shape index (κ2) is 5.88. The van der Waals surface area contributed by atoms with Crippen LogP contribution in [0.25, 0.3) is 10.9 Å². The van der Waals surface area contributed by atoms with Crippen molar-refractivity contribution >= 4 is 16.9 Å². The minimum absolute atomic E-state index is 0.00932. The third-order valence-corrected chi connectivity index (χ3v) is 3.43. The lowest BCUT2D eigenvalue weighted by Gasteiger charge is -2.12. The average molecular weight is 336 g/mol. The maximum Gasteiger partial charge on any atom is 0.418 e. The zero-order valence-corrected chi connectivity index (χ0v) is 12.1. The first-order valence-electron chi connectivity index (χ1n) is 6.86. The Balaban J connectivity index is 2.09. The van der Waals surface area contributed by atoms with Crippen LogP contribution in [0.5, 0.6) is 5.88 Å². The number of aromatic amines is 1. The first-order valence-corrected chi connectivity index (χ1v) is 6.86. The minimum Gasteiger partial charge on any atom is -0.478 e. The van der Waals surface area contributed by atoms with Gasteiger partial charge >= 0.3 is 12.1 Å². The third kappa shape index (κ3) is 2.90. The number of rotatable bonds is 4. The molecule has 124 valence electrons. The Hall–Kier alpha value is -3.03. The SMILES string of the molecule is O=C(O)c1ccc2[nH]nc(OCc3ccccc3)c2c1C(F)(F)F. The van der Waals surface area contributed by atoms with E-state index >= 15 is 0 Å². The lowest BCUT2D eigenvalue weighted by atomic mass is 10.0. The van der Waals surface area contributed by atoms with Gasteiger partial charge in [0.15, 0.2) is 0 Å². The normalized spacial score (nSPS) is 11.6. The summed E-state index contributed by atoms with van der Waals surface area (Å²) in [5, 5.41) is 14.8. The molecule has 2 aromatic carbocycles. The molecule has 0 saturated carbocycles. The monoisotopic (exact) mass is 336 g/mol. The van der Waals surface area contributed by atoms with Crippen LogP contribution in [0.3, 0.4) is 0 Å². The fraction of sp³-hybridized carbons (Fsp3) is 0.125. The molecule has 0 aliphatic carbocycles. The van der Waals surface area contributed by atoms with Gasteiger partial charge in [0, 0.05) is 0 Å². The van der Waals surface area contributed by atoms with Gasteiger partial charge in [-0.15, -0.1) is 5.10 Å².